The Kier molecular flexibility index (Phi) is 6.60. The van der Waals surface area contributed by atoms with Gasteiger partial charge in [0.2, 0.25) is 0 Å². The molecule has 0 aliphatic carbocycles. The largest absolute Gasteiger partial charge is 0.478 e. The maximum atomic E-state index is 11.9. The Balaban J connectivity index is 2.79. The van der Waals surface area contributed by atoms with E-state index in [0.717, 1.165) is 4.88 Å². The van der Waals surface area contributed by atoms with Gasteiger partial charge in [-0.2, -0.15) is 0 Å². The van der Waals surface area contributed by atoms with Gasteiger partial charge < -0.3 is 20.3 Å². The summed E-state index contributed by atoms with van der Waals surface area (Å²) >= 11 is 1.22. The summed E-state index contributed by atoms with van der Waals surface area (Å²) in [6.07, 6.45) is 0.357. The summed E-state index contributed by atoms with van der Waals surface area (Å²) in [5, 5.41) is 23.6. The molecular formula is C13H20N2O5S. The highest BCUT2D eigenvalue weighted by molar-refractivity contribution is 7.16. The van der Waals surface area contributed by atoms with Crippen LogP contribution in [-0.4, -0.2) is 48.6 Å². The third kappa shape index (κ3) is 4.69. The molecule has 4 N–H and O–H groups in total. The van der Waals surface area contributed by atoms with Gasteiger partial charge in [-0.1, -0.05) is 0 Å². The molecule has 2 amide bonds. The van der Waals surface area contributed by atoms with Gasteiger partial charge in [0.1, 0.15) is 5.00 Å². The second-order valence-corrected chi connectivity index (χ2v) is 5.78. The van der Waals surface area contributed by atoms with Gasteiger partial charge in [-0.25, -0.2) is 9.59 Å². The number of aliphatic hydroxyl groups is 1. The molecular weight excluding hydrogens is 296 g/mol. The van der Waals surface area contributed by atoms with Gasteiger partial charge in [0.25, 0.3) is 0 Å². The molecule has 0 fully saturated rings. The van der Waals surface area contributed by atoms with Gasteiger partial charge in [-0.15, -0.1) is 11.3 Å². The van der Waals surface area contributed by atoms with Crippen LogP contribution in [0, 0.1) is 13.8 Å². The SMILES string of the molecule is COCC(CCO)NC(=O)Nc1sc(C)c(C)c1C(=O)O. The minimum Gasteiger partial charge on any atom is -0.478 e. The number of thiophene rings is 1. The van der Waals surface area contributed by atoms with Crippen LogP contribution in [0.5, 0.6) is 0 Å². The van der Waals surface area contributed by atoms with Crippen LogP contribution in [0.1, 0.15) is 27.2 Å². The molecule has 1 rings (SSSR count). The van der Waals surface area contributed by atoms with E-state index < -0.39 is 12.0 Å². The van der Waals surface area contributed by atoms with Gasteiger partial charge >= 0.3 is 12.0 Å². The number of urea groups is 1. The standard InChI is InChI=1S/C13H20N2O5S/c1-7-8(2)21-11(10(7)12(17)18)15-13(19)14-9(4-5-16)6-20-3/h9,16H,4-6H2,1-3H3,(H,17,18)(H2,14,15,19). The Morgan fingerprint density at radius 1 is 1.38 bits per heavy atom. The van der Waals surface area contributed by atoms with Crippen molar-refractivity contribution >= 4 is 28.3 Å². The molecule has 0 saturated carbocycles. The number of amides is 2. The molecule has 1 atom stereocenters. The lowest BCUT2D eigenvalue weighted by molar-refractivity contribution is 0.0697. The van der Waals surface area contributed by atoms with Gasteiger partial charge in [0, 0.05) is 18.6 Å². The van der Waals surface area contributed by atoms with E-state index in [1.807, 2.05) is 0 Å². The van der Waals surface area contributed by atoms with Crippen molar-refractivity contribution in [2.75, 3.05) is 25.6 Å². The second kappa shape index (κ2) is 7.96. The monoisotopic (exact) mass is 316 g/mol. The highest BCUT2D eigenvalue weighted by Gasteiger charge is 2.21. The van der Waals surface area contributed by atoms with Crippen molar-refractivity contribution < 1.29 is 24.5 Å². The molecule has 1 aromatic rings. The number of methoxy groups -OCH3 is 1. The molecule has 0 radical (unpaired) electrons. The number of carboxylic acid groups (broad SMARTS) is 1. The van der Waals surface area contributed by atoms with Crippen molar-refractivity contribution in [3.8, 4) is 0 Å². The van der Waals surface area contributed by atoms with Crippen molar-refractivity contribution in [1.29, 1.82) is 0 Å². The quantitative estimate of drug-likeness (QED) is 0.611. The summed E-state index contributed by atoms with van der Waals surface area (Å²) in [6, 6.07) is -0.857. The first-order valence-corrected chi connectivity index (χ1v) is 7.22. The molecule has 1 unspecified atom stereocenters. The Morgan fingerprint density at radius 3 is 2.57 bits per heavy atom. The summed E-state index contributed by atoms with van der Waals surface area (Å²) in [5.41, 5.74) is 0.754. The predicted molar refractivity (Wildman–Crippen MR) is 80.3 cm³/mol. The highest BCUT2D eigenvalue weighted by Crippen LogP contribution is 2.32. The Hall–Kier alpha value is -1.64. The number of aryl methyl sites for hydroxylation is 1. The first-order chi connectivity index (χ1) is 9.90. The van der Waals surface area contributed by atoms with E-state index in [9.17, 15) is 14.7 Å². The lowest BCUT2D eigenvalue weighted by Gasteiger charge is -2.17. The predicted octanol–water partition coefficient (Wildman–Crippen LogP) is 1.58. The zero-order valence-corrected chi connectivity index (χ0v) is 13.0. The number of anilines is 1. The molecule has 0 aliphatic heterocycles. The molecule has 0 aliphatic rings. The molecule has 0 bridgehead atoms. The number of ether oxygens (including phenoxy) is 1. The molecule has 0 aromatic carbocycles. The maximum absolute atomic E-state index is 11.9. The summed E-state index contributed by atoms with van der Waals surface area (Å²) in [4.78, 5) is 24.0. The summed E-state index contributed by atoms with van der Waals surface area (Å²) in [6.45, 7) is 3.70. The summed E-state index contributed by atoms with van der Waals surface area (Å²) < 4.78 is 4.95. The van der Waals surface area contributed by atoms with E-state index in [0.29, 0.717) is 17.0 Å². The van der Waals surface area contributed by atoms with E-state index in [1.165, 1.54) is 18.4 Å². The van der Waals surface area contributed by atoms with E-state index in [4.69, 9.17) is 9.84 Å². The molecule has 8 heteroatoms. The fraction of sp³-hybridized carbons (Fsp3) is 0.538. The summed E-state index contributed by atoms with van der Waals surface area (Å²) in [7, 11) is 1.50. The van der Waals surface area contributed by atoms with Crippen LogP contribution in [0.3, 0.4) is 0 Å². The van der Waals surface area contributed by atoms with Gasteiger partial charge in [0.05, 0.1) is 18.2 Å². The molecule has 118 valence electrons. The van der Waals surface area contributed by atoms with E-state index >= 15 is 0 Å². The van der Waals surface area contributed by atoms with Gasteiger partial charge in [-0.05, 0) is 25.8 Å². The first-order valence-electron chi connectivity index (χ1n) is 6.41. The topological polar surface area (TPSA) is 108 Å². The average molecular weight is 316 g/mol. The Morgan fingerprint density at radius 2 is 2.05 bits per heavy atom. The Labute approximate surface area is 126 Å². The second-order valence-electron chi connectivity index (χ2n) is 4.56. The van der Waals surface area contributed by atoms with Gasteiger partial charge in [0.15, 0.2) is 0 Å². The third-order valence-electron chi connectivity index (χ3n) is 3.01. The van der Waals surface area contributed by atoms with E-state index in [2.05, 4.69) is 10.6 Å². The molecule has 7 nitrogen and oxygen atoms in total. The number of nitrogens with one attached hydrogen (secondary N) is 2. The first kappa shape index (κ1) is 17.4. The number of rotatable bonds is 7. The number of hydrogen-bond donors (Lipinski definition) is 4. The van der Waals surface area contributed by atoms with Crippen molar-refractivity contribution in [3.05, 3.63) is 16.0 Å². The molecule has 0 saturated heterocycles. The number of carbonyl (C=O) groups excluding carboxylic acids is 1. The summed E-state index contributed by atoms with van der Waals surface area (Å²) in [5.74, 6) is -1.07. The zero-order chi connectivity index (χ0) is 16.0. The van der Waals surface area contributed by atoms with Gasteiger partial charge in [-0.3, -0.25) is 5.32 Å². The normalized spacial score (nSPS) is 12.0. The van der Waals surface area contributed by atoms with E-state index in [-0.39, 0.29) is 24.8 Å². The van der Waals surface area contributed by atoms with Crippen LogP contribution in [0.25, 0.3) is 0 Å². The fourth-order valence-corrected chi connectivity index (χ4v) is 2.90. The third-order valence-corrected chi connectivity index (χ3v) is 4.13. The number of aliphatic hydroxyl groups excluding tert-OH is 1. The molecule has 21 heavy (non-hydrogen) atoms. The van der Waals surface area contributed by atoms with E-state index in [1.54, 1.807) is 13.8 Å². The zero-order valence-electron chi connectivity index (χ0n) is 12.2. The van der Waals surface area contributed by atoms with Crippen LogP contribution >= 0.6 is 11.3 Å². The number of carbonyl (C=O) groups is 2. The fourth-order valence-electron chi connectivity index (χ4n) is 1.85. The average Bonchev–Trinajstić information content (AvgIpc) is 2.65. The Bertz CT molecular complexity index is 509. The lowest BCUT2D eigenvalue weighted by atomic mass is 10.1. The van der Waals surface area contributed by atoms with Crippen LogP contribution < -0.4 is 10.6 Å². The molecule has 1 aromatic heterocycles. The van der Waals surface area contributed by atoms with Crippen molar-refractivity contribution in [2.45, 2.75) is 26.3 Å². The number of carboxylic acids is 1. The highest BCUT2D eigenvalue weighted by atomic mass is 32.1. The maximum Gasteiger partial charge on any atom is 0.338 e. The minimum absolute atomic E-state index is 0.0775. The van der Waals surface area contributed by atoms with Crippen molar-refractivity contribution in [2.24, 2.45) is 0 Å². The van der Waals surface area contributed by atoms with Crippen LogP contribution in [0.15, 0.2) is 0 Å². The number of hydrogen-bond acceptors (Lipinski definition) is 5. The molecule has 0 spiro atoms. The van der Waals surface area contributed by atoms with Crippen molar-refractivity contribution in [3.63, 3.8) is 0 Å². The lowest BCUT2D eigenvalue weighted by Crippen LogP contribution is -2.41. The van der Waals surface area contributed by atoms with Crippen molar-refractivity contribution in [1.82, 2.24) is 5.32 Å². The van der Waals surface area contributed by atoms with Crippen LogP contribution in [-0.2, 0) is 4.74 Å². The number of aromatic carboxylic acids is 1. The van der Waals surface area contributed by atoms with Crippen LogP contribution in [0.4, 0.5) is 9.80 Å². The molecule has 1 heterocycles. The smallest absolute Gasteiger partial charge is 0.338 e. The van der Waals surface area contributed by atoms with Crippen LogP contribution in [0.2, 0.25) is 0 Å². The minimum atomic E-state index is -1.07.